The van der Waals surface area contributed by atoms with Crippen LogP contribution in [0.25, 0.3) is 0 Å². The van der Waals surface area contributed by atoms with E-state index in [9.17, 15) is 9.18 Å². The zero-order chi connectivity index (χ0) is 16.1. The molecule has 21 heavy (non-hydrogen) atoms. The highest BCUT2D eigenvalue weighted by Crippen LogP contribution is 2.21. The van der Waals surface area contributed by atoms with Gasteiger partial charge in [-0.25, -0.2) is 4.39 Å². The quantitative estimate of drug-likeness (QED) is 0.549. The van der Waals surface area contributed by atoms with Crippen LogP contribution in [0.3, 0.4) is 0 Å². The lowest BCUT2D eigenvalue weighted by Crippen LogP contribution is -2.12. The van der Waals surface area contributed by atoms with Crippen molar-refractivity contribution in [2.75, 3.05) is 0 Å². The standard InChI is InChI=1S/C17H25FO.C2H6/c1-3-5-9-14(13-16(19)8-4-2)12-15-10-6-7-11-17(15)18;1-2/h6-7,10-11,14H,3-5,8-9,12-13H2,1-2H3;1-2H3. The van der Waals surface area contributed by atoms with Crippen molar-refractivity contribution in [2.24, 2.45) is 5.92 Å². The van der Waals surface area contributed by atoms with Gasteiger partial charge in [-0.1, -0.05) is 58.7 Å². The molecule has 2 heteroatoms. The second-order valence-electron chi connectivity index (χ2n) is 5.30. The third kappa shape index (κ3) is 8.64. The van der Waals surface area contributed by atoms with Gasteiger partial charge in [0, 0.05) is 12.8 Å². The largest absolute Gasteiger partial charge is 0.300 e. The Kier molecular flexibility index (Phi) is 11.8. The predicted molar refractivity (Wildman–Crippen MR) is 89.0 cm³/mol. The summed E-state index contributed by atoms with van der Waals surface area (Å²) in [6, 6.07) is 6.91. The first kappa shape index (κ1) is 19.8. The van der Waals surface area contributed by atoms with Gasteiger partial charge in [0.25, 0.3) is 0 Å². The molecule has 0 saturated carbocycles. The Morgan fingerprint density at radius 3 is 2.38 bits per heavy atom. The number of hydrogen-bond donors (Lipinski definition) is 0. The van der Waals surface area contributed by atoms with Crippen LogP contribution >= 0.6 is 0 Å². The molecule has 1 unspecified atom stereocenters. The maximum atomic E-state index is 13.7. The Labute approximate surface area is 130 Å². The van der Waals surface area contributed by atoms with E-state index < -0.39 is 0 Å². The molecule has 1 atom stereocenters. The van der Waals surface area contributed by atoms with Gasteiger partial charge in [0.05, 0.1) is 0 Å². The number of carbonyl (C=O) groups excluding carboxylic acids is 1. The van der Waals surface area contributed by atoms with Crippen LogP contribution in [-0.4, -0.2) is 5.78 Å². The van der Waals surface area contributed by atoms with Crippen LogP contribution in [-0.2, 0) is 11.2 Å². The van der Waals surface area contributed by atoms with Crippen molar-refractivity contribution in [3.63, 3.8) is 0 Å². The van der Waals surface area contributed by atoms with Crippen molar-refractivity contribution in [1.82, 2.24) is 0 Å². The fourth-order valence-electron chi connectivity index (χ4n) is 2.45. The molecule has 0 spiro atoms. The Morgan fingerprint density at radius 2 is 1.81 bits per heavy atom. The minimum atomic E-state index is -0.146. The molecule has 0 heterocycles. The Hall–Kier alpha value is -1.18. The molecule has 0 aliphatic carbocycles. The second kappa shape index (κ2) is 12.6. The van der Waals surface area contributed by atoms with Crippen LogP contribution in [0.5, 0.6) is 0 Å². The van der Waals surface area contributed by atoms with E-state index in [1.165, 1.54) is 6.07 Å². The smallest absolute Gasteiger partial charge is 0.133 e. The summed E-state index contributed by atoms with van der Waals surface area (Å²) in [7, 11) is 0. The lowest BCUT2D eigenvalue weighted by Gasteiger charge is -2.16. The predicted octanol–water partition coefficient (Wildman–Crippen LogP) is 5.96. The number of rotatable bonds is 9. The first-order valence-electron chi connectivity index (χ1n) is 8.42. The van der Waals surface area contributed by atoms with Crippen LogP contribution in [0.1, 0.15) is 71.8 Å². The van der Waals surface area contributed by atoms with Crippen LogP contribution in [0.2, 0.25) is 0 Å². The summed E-state index contributed by atoms with van der Waals surface area (Å²) in [6.07, 6.45) is 6.08. The van der Waals surface area contributed by atoms with E-state index in [0.717, 1.165) is 31.2 Å². The first-order valence-corrected chi connectivity index (χ1v) is 8.42. The van der Waals surface area contributed by atoms with Crippen LogP contribution < -0.4 is 0 Å². The number of ketones is 1. The molecule has 0 bridgehead atoms. The Morgan fingerprint density at radius 1 is 1.14 bits per heavy atom. The molecule has 0 aromatic heterocycles. The molecule has 1 aromatic rings. The van der Waals surface area contributed by atoms with Gasteiger partial charge in [0.15, 0.2) is 0 Å². The van der Waals surface area contributed by atoms with Gasteiger partial charge in [-0.05, 0) is 36.8 Å². The molecule has 0 N–H and O–H groups in total. The topological polar surface area (TPSA) is 17.1 Å². The molecule has 1 nitrogen and oxygen atoms in total. The molecule has 0 aliphatic rings. The third-order valence-corrected chi connectivity index (χ3v) is 3.48. The number of unbranched alkanes of at least 4 members (excludes halogenated alkanes) is 1. The summed E-state index contributed by atoms with van der Waals surface area (Å²) in [5.74, 6) is 0.461. The fourth-order valence-corrected chi connectivity index (χ4v) is 2.45. The Balaban J connectivity index is 0.00000191. The summed E-state index contributed by atoms with van der Waals surface area (Å²) < 4.78 is 13.7. The fraction of sp³-hybridized carbons (Fsp3) is 0.632. The minimum Gasteiger partial charge on any atom is -0.300 e. The SMILES string of the molecule is CC.CCCCC(CC(=O)CCC)Cc1ccccc1F. The zero-order valence-corrected chi connectivity index (χ0v) is 14.1. The number of Topliss-reactive ketones (excluding diaryl/α,β-unsaturated/α-hetero) is 1. The van der Waals surface area contributed by atoms with Gasteiger partial charge in [0.2, 0.25) is 0 Å². The van der Waals surface area contributed by atoms with Crippen molar-refractivity contribution in [3.8, 4) is 0 Å². The van der Waals surface area contributed by atoms with Gasteiger partial charge in [-0.15, -0.1) is 0 Å². The van der Waals surface area contributed by atoms with Crippen molar-refractivity contribution in [2.45, 2.75) is 72.6 Å². The molecular weight excluding hydrogens is 263 g/mol. The van der Waals surface area contributed by atoms with E-state index in [4.69, 9.17) is 0 Å². The molecule has 0 radical (unpaired) electrons. The number of halogens is 1. The molecule has 120 valence electrons. The summed E-state index contributed by atoms with van der Waals surface area (Å²) in [6.45, 7) is 8.17. The molecule has 0 aliphatic heterocycles. The lowest BCUT2D eigenvalue weighted by atomic mass is 9.89. The summed E-state index contributed by atoms with van der Waals surface area (Å²) in [4.78, 5) is 11.8. The van der Waals surface area contributed by atoms with Crippen molar-refractivity contribution < 1.29 is 9.18 Å². The maximum absolute atomic E-state index is 13.7. The molecule has 0 fully saturated rings. The van der Waals surface area contributed by atoms with E-state index in [-0.39, 0.29) is 11.7 Å². The van der Waals surface area contributed by atoms with Crippen molar-refractivity contribution in [3.05, 3.63) is 35.6 Å². The third-order valence-electron chi connectivity index (χ3n) is 3.48. The van der Waals surface area contributed by atoms with E-state index >= 15 is 0 Å². The average Bonchev–Trinajstić information content (AvgIpc) is 2.49. The van der Waals surface area contributed by atoms with Gasteiger partial charge < -0.3 is 0 Å². The van der Waals surface area contributed by atoms with Crippen LogP contribution in [0, 0.1) is 11.7 Å². The van der Waals surface area contributed by atoms with E-state index in [1.807, 2.05) is 32.9 Å². The zero-order valence-electron chi connectivity index (χ0n) is 14.1. The normalized spacial score (nSPS) is 11.5. The van der Waals surface area contributed by atoms with Crippen molar-refractivity contribution in [1.29, 1.82) is 0 Å². The molecule has 1 aromatic carbocycles. The maximum Gasteiger partial charge on any atom is 0.133 e. The van der Waals surface area contributed by atoms with Gasteiger partial charge in [-0.2, -0.15) is 0 Å². The highest BCUT2D eigenvalue weighted by molar-refractivity contribution is 5.78. The first-order chi connectivity index (χ1) is 10.2. The van der Waals surface area contributed by atoms with Gasteiger partial charge in [0.1, 0.15) is 11.6 Å². The summed E-state index contributed by atoms with van der Waals surface area (Å²) in [5, 5.41) is 0. The van der Waals surface area contributed by atoms with E-state index in [2.05, 4.69) is 6.92 Å². The van der Waals surface area contributed by atoms with Crippen LogP contribution in [0.4, 0.5) is 4.39 Å². The van der Waals surface area contributed by atoms with Gasteiger partial charge in [-0.3, -0.25) is 4.79 Å². The Bertz CT molecular complexity index is 387. The molecule has 0 amide bonds. The molecule has 0 saturated heterocycles. The summed E-state index contributed by atoms with van der Waals surface area (Å²) in [5.41, 5.74) is 0.743. The van der Waals surface area contributed by atoms with E-state index in [1.54, 1.807) is 6.07 Å². The minimum absolute atomic E-state index is 0.146. The number of benzene rings is 1. The second-order valence-corrected chi connectivity index (χ2v) is 5.30. The monoisotopic (exact) mass is 294 g/mol. The number of carbonyl (C=O) groups is 1. The lowest BCUT2D eigenvalue weighted by molar-refractivity contribution is -0.120. The van der Waals surface area contributed by atoms with Crippen molar-refractivity contribution >= 4 is 5.78 Å². The van der Waals surface area contributed by atoms with Gasteiger partial charge >= 0.3 is 0 Å². The summed E-state index contributed by atoms with van der Waals surface area (Å²) >= 11 is 0. The number of hydrogen-bond acceptors (Lipinski definition) is 1. The average molecular weight is 294 g/mol. The van der Waals surface area contributed by atoms with E-state index in [0.29, 0.717) is 25.0 Å². The van der Waals surface area contributed by atoms with Crippen LogP contribution in [0.15, 0.2) is 24.3 Å². The molecular formula is C19H31FO. The highest BCUT2D eigenvalue weighted by atomic mass is 19.1. The molecule has 1 rings (SSSR count). The highest BCUT2D eigenvalue weighted by Gasteiger charge is 2.15.